The van der Waals surface area contributed by atoms with E-state index in [1.165, 1.54) is 12.1 Å². The van der Waals surface area contributed by atoms with Gasteiger partial charge in [-0.3, -0.25) is 4.79 Å². The summed E-state index contributed by atoms with van der Waals surface area (Å²) in [5, 5.41) is 2.94. The minimum absolute atomic E-state index is 0.0287. The van der Waals surface area contributed by atoms with Crippen molar-refractivity contribution >= 4 is 5.91 Å². The zero-order chi connectivity index (χ0) is 17.2. The van der Waals surface area contributed by atoms with Gasteiger partial charge in [-0.15, -0.1) is 0 Å². The monoisotopic (exact) mass is 329 g/mol. The molecule has 1 amide bonds. The second-order valence-electron chi connectivity index (χ2n) is 5.69. The average Bonchev–Trinajstić information content (AvgIpc) is 2.58. The Bertz CT molecular complexity index is 623. The third kappa shape index (κ3) is 6.41. The first kappa shape index (κ1) is 18.0. The van der Waals surface area contributed by atoms with Crippen molar-refractivity contribution in [1.82, 2.24) is 5.32 Å². The summed E-state index contributed by atoms with van der Waals surface area (Å²) in [7, 11) is 0. The van der Waals surface area contributed by atoms with Crippen LogP contribution in [0.1, 0.15) is 30.9 Å². The van der Waals surface area contributed by atoms with Gasteiger partial charge >= 0.3 is 0 Å². The van der Waals surface area contributed by atoms with Crippen molar-refractivity contribution < 1.29 is 13.9 Å². The highest BCUT2D eigenvalue weighted by Crippen LogP contribution is 2.12. The number of aryl methyl sites for hydroxylation is 1. The summed E-state index contributed by atoms with van der Waals surface area (Å²) in [6, 6.07) is 14.2. The molecule has 0 aliphatic heterocycles. The lowest BCUT2D eigenvalue weighted by molar-refractivity contribution is -0.120. The van der Waals surface area contributed by atoms with E-state index in [0.717, 1.165) is 36.1 Å². The molecule has 0 aliphatic rings. The minimum atomic E-state index is -0.208. The molecular weight excluding hydrogens is 305 g/mol. The van der Waals surface area contributed by atoms with E-state index in [1.54, 1.807) is 12.1 Å². The van der Waals surface area contributed by atoms with E-state index in [2.05, 4.69) is 5.32 Å². The van der Waals surface area contributed by atoms with Crippen molar-refractivity contribution in [2.75, 3.05) is 13.2 Å². The number of hydrogen-bond acceptors (Lipinski definition) is 2. The van der Waals surface area contributed by atoms with Gasteiger partial charge in [-0.1, -0.05) is 24.3 Å². The third-order valence-corrected chi connectivity index (χ3v) is 3.73. The quantitative estimate of drug-likeness (QED) is 0.709. The molecule has 0 unspecified atom stereocenters. The lowest BCUT2D eigenvalue weighted by atomic mass is 10.1. The molecule has 2 aromatic carbocycles. The molecule has 0 aliphatic carbocycles. The minimum Gasteiger partial charge on any atom is -0.494 e. The molecule has 2 rings (SSSR count). The normalized spacial score (nSPS) is 10.4. The van der Waals surface area contributed by atoms with Crippen molar-refractivity contribution in [3.8, 4) is 5.75 Å². The van der Waals surface area contributed by atoms with Gasteiger partial charge in [-0.25, -0.2) is 4.39 Å². The Balaban J connectivity index is 1.61. The van der Waals surface area contributed by atoms with Crippen molar-refractivity contribution in [2.45, 2.75) is 32.6 Å². The van der Waals surface area contributed by atoms with E-state index in [0.29, 0.717) is 19.6 Å². The van der Waals surface area contributed by atoms with Gasteiger partial charge in [0.1, 0.15) is 11.6 Å². The van der Waals surface area contributed by atoms with Gasteiger partial charge in [-0.2, -0.15) is 0 Å². The Kier molecular flexibility index (Phi) is 7.27. The molecule has 0 aromatic heterocycles. The van der Waals surface area contributed by atoms with Gasteiger partial charge in [0, 0.05) is 6.54 Å². The number of unbranched alkanes of at least 4 members (excludes halogenated alkanes) is 1. The molecule has 0 spiro atoms. The molecule has 0 fully saturated rings. The molecule has 24 heavy (non-hydrogen) atoms. The second-order valence-corrected chi connectivity index (χ2v) is 5.69. The lowest BCUT2D eigenvalue weighted by Crippen LogP contribution is -2.26. The number of rotatable bonds is 9. The molecule has 4 heteroatoms. The molecule has 3 nitrogen and oxygen atoms in total. The van der Waals surface area contributed by atoms with Crippen molar-refractivity contribution in [2.24, 2.45) is 0 Å². The summed E-state index contributed by atoms with van der Waals surface area (Å²) in [6.07, 6.45) is 3.15. The number of carbonyl (C=O) groups excluding carboxylic acids is 1. The lowest BCUT2D eigenvalue weighted by Gasteiger charge is -2.07. The van der Waals surface area contributed by atoms with Crippen molar-refractivity contribution in [3.05, 3.63) is 65.5 Å². The van der Waals surface area contributed by atoms with E-state index in [1.807, 2.05) is 31.2 Å². The van der Waals surface area contributed by atoms with E-state index in [4.69, 9.17) is 4.74 Å². The number of amides is 1. The second kappa shape index (κ2) is 9.71. The Morgan fingerprint density at radius 3 is 2.33 bits per heavy atom. The van der Waals surface area contributed by atoms with E-state index in [-0.39, 0.29) is 11.7 Å². The standard InChI is InChI=1S/C20H24FNO2/c1-2-24-19-12-8-17(9-13-19)15-20(23)22-14-4-3-5-16-6-10-18(21)11-7-16/h6-13H,2-5,14-15H2,1H3,(H,22,23). The smallest absolute Gasteiger partial charge is 0.224 e. The maximum Gasteiger partial charge on any atom is 0.224 e. The summed E-state index contributed by atoms with van der Waals surface area (Å²) in [5.74, 6) is 0.642. The molecule has 0 atom stereocenters. The van der Waals surface area contributed by atoms with Gasteiger partial charge in [0.15, 0.2) is 0 Å². The molecule has 0 bridgehead atoms. The number of hydrogen-bond donors (Lipinski definition) is 1. The zero-order valence-corrected chi connectivity index (χ0v) is 14.1. The molecule has 1 N–H and O–H groups in total. The van der Waals surface area contributed by atoms with Crippen molar-refractivity contribution in [3.63, 3.8) is 0 Å². The molecule has 0 radical (unpaired) electrons. The summed E-state index contributed by atoms with van der Waals surface area (Å²) in [5.41, 5.74) is 2.10. The van der Waals surface area contributed by atoms with E-state index in [9.17, 15) is 9.18 Å². The molecule has 0 saturated carbocycles. The summed E-state index contributed by atoms with van der Waals surface area (Å²) in [4.78, 5) is 11.9. The number of ether oxygens (including phenoxy) is 1. The van der Waals surface area contributed by atoms with Gasteiger partial charge in [0.05, 0.1) is 13.0 Å². The largest absolute Gasteiger partial charge is 0.494 e. The number of nitrogens with one attached hydrogen (secondary N) is 1. The predicted molar refractivity (Wildman–Crippen MR) is 93.7 cm³/mol. The first-order valence-electron chi connectivity index (χ1n) is 8.40. The van der Waals surface area contributed by atoms with Crippen LogP contribution in [0.15, 0.2) is 48.5 Å². The molecule has 0 saturated heterocycles. The van der Waals surface area contributed by atoms with Crippen LogP contribution >= 0.6 is 0 Å². The maximum absolute atomic E-state index is 12.8. The highest BCUT2D eigenvalue weighted by molar-refractivity contribution is 5.78. The first-order valence-corrected chi connectivity index (χ1v) is 8.40. The van der Waals surface area contributed by atoms with E-state index >= 15 is 0 Å². The van der Waals surface area contributed by atoms with Crippen LogP contribution in [0.5, 0.6) is 5.75 Å². The van der Waals surface area contributed by atoms with Crippen LogP contribution in [0.4, 0.5) is 4.39 Å². The van der Waals surface area contributed by atoms with Crippen molar-refractivity contribution in [1.29, 1.82) is 0 Å². The van der Waals surface area contributed by atoms with Crippen LogP contribution in [0.2, 0.25) is 0 Å². The SMILES string of the molecule is CCOc1ccc(CC(=O)NCCCCc2ccc(F)cc2)cc1. The molecule has 0 heterocycles. The third-order valence-electron chi connectivity index (χ3n) is 3.73. The highest BCUT2D eigenvalue weighted by atomic mass is 19.1. The number of benzene rings is 2. The molecule has 128 valence electrons. The van der Waals surface area contributed by atoms with Gasteiger partial charge in [-0.05, 0) is 61.6 Å². The fraction of sp³-hybridized carbons (Fsp3) is 0.350. The summed E-state index contributed by atoms with van der Waals surface area (Å²) in [6.45, 7) is 3.24. The average molecular weight is 329 g/mol. The number of carbonyl (C=O) groups is 1. The molecular formula is C20H24FNO2. The molecule has 2 aromatic rings. The summed E-state index contributed by atoms with van der Waals surface area (Å²) < 4.78 is 18.2. The van der Waals surface area contributed by atoms with Crippen LogP contribution in [-0.2, 0) is 17.6 Å². The first-order chi connectivity index (χ1) is 11.7. The van der Waals surface area contributed by atoms with Gasteiger partial charge in [0.25, 0.3) is 0 Å². The Morgan fingerprint density at radius 2 is 1.67 bits per heavy atom. The highest BCUT2D eigenvalue weighted by Gasteiger charge is 2.03. The fourth-order valence-electron chi connectivity index (χ4n) is 2.45. The topological polar surface area (TPSA) is 38.3 Å². The van der Waals surface area contributed by atoms with Crippen LogP contribution in [0, 0.1) is 5.82 Å². The van der Waals surface area contributed by atoms with Gasteiger partial charge < -0.3 is 10.1 Å². The van der Waals surface area contributed by atoms with Crippen LogP contribution in [0.25, 0.3) is 0 Å². The van der Waals surface area contributed by atoms with Gasteiger partial charge in [0.2, 0.25) is 5.91 Å². The summed E-state index contributed by atoms with van der Waals surface area (Å²) >= 11 is 0. The maximum atomic E-state index is 12.8. The Hall–Kier alpha value is -2.36. The fourth-order valence-corrected chi connectivity index (χ4v) is 2.45. The Labute approximate surface area is 142 Å². The van der Waals surface area contributed by atoms with E-state index < -0.39 is 0 Å². The number of halogens is 1. The Morgan fingerprint density at radius 1 is 1.00 bits per heavy atom. The van der Waals surface area contributed by atoms with Crippen LogP contribution < -0.4 is 10.1 Å². The van der Waals surface area contributed by atoms with Crippen LogP contribution in [-0.4, -0.2) is 19.1 Å². The van der Waals surface area contributed by atoms with Crippen LogP contribution in [0.3, 0.4) is 0 Å². The predicted octanol–water partition coefficient (Wildman–Crippen LogP) is 3.91. The zero-order valence-electron chi connectivity index (χ0n) is 14.1.